The normalized spacial score (nSPS) is 23.2. The van der Waals surface area contributed by atoms with E-state index in [1.165, 1.54) is 0 Å². The maximum atomic E-state index is 12.9. The Morgan fingerprint density at radius 1 is 1.10 bits per heavy atom. The van der Waals surface area contributed by atoms with Gasteiger partial charge in [0.2, 0.25) is 21.8 Å². The van der Waals surface area contributed by atoms with Crippen LogP contribution in [0.1, 0.15) is 45.4 Å². The Kier molecular flexibility index (Phi) is 7.18. The van der Waals surface area contributed by atoms with Gasteiger partial charge in [-0.1, -0.05) is 31.9 Å². The third-order valence-electron chi connectivity index (χ3n) is 5.72. The highest BCUT2D eigenvalue weighted by Gasteiger charge is 2.53. The van der Waals surface area contributed by atoms with Gasteiger partial charge >= 0.3 is 0 Å². The summed E-state index contributed by atoms with van der Waals surface area (Å²) < 4.78 is 25.2. The van der Waals surface area contributed by atoms with Crippen LogP contribution in [0.4, 0.5) is 0 Å². The zero-order chi connectivity index (χ0) is 21.7. The number of hydrogen-bond donors (Lipinski definition) is 0. The fourth-order valence-corrected chi connectivity index (χ4v) is 5.40. The average Bonchev–Trinajstić information content (AvgIpc) is 3.08. The smallest absolute Gasteiger partial charge is 0.246 e. The molecule has 0 spiro atoms. The molecule has 0 N–H and O–H groups in total. The Labute approximate surface area is 179 Å². The van der Waals surface area contributed by atoms with E-state index >= 15 is 0 Å². The van der Waals surface area contributed by atoms with Crippen molar-refractivity contribution < 1.29 is 18.0 Å². The van der Waals surface area contributed by atoms with Crippen LogP contribution >= 0.6 is 0 Å². The molecule has 8 heteroatoms. The SMILES string of the molecule is CCC[C@H]1C(=O)N(S(C)(=O)=O)C2=CCN(C(=O)CCCCCN3C=CC=CC=C3)[C@@H]21. The van der Waals surface area contributed by atoms with Gasteiger partial charge in [-0.25, -0.2) is 12.7 Å². The van der Waals surface area contributed by atoms with Crippen molar-refractivity contribution in [1.29, 1.82) is 0 Å². The van der Waals surface area contributed by atoms with Crippen LogP contribution in [-0.2, 0) is 19.6 Å². The second-order valence-corrected chi connectivity index (χ2v) is 9.83. The minimum absolute atomic E-state index is 0.00531. The highest BCUT2D eigenvalue weighted by molar-refractivity contribution is 7.89. The number of amides is 2. The molecule has 3 rings (SSSR count). The van der Waals surface area contributed by atoms with E-state index in [9.17, 15) is 18.0 Å². The molecule has 0 aliphatic carbocycles. The van der Waals surface area contributed by atoms with E-state index in [2.05, 4.69) is 4.90 Å². The Balaban J connectivity index is 1.53. The van der Waals surface area contributed by atoms with Crippen molar-refractivity contribution in [3.63, 3.8) is 0 Å². The van der Waals surface area contributed by atoms with Gasteiger partial charge in [0.15, 0.2) is 0 Å². The number of hydrogen-bond acceptors (Lipinski definition) is 5. The molecule has 3 heterocycles. The molecule has 2 atom stereocenters. The summed E-state index contributed by atoms with van der Waals surface area (Å²) in [7, 11) is -3.69. The first kappa shape index (κ1) is 22.3. The van der Waals surface area contributed by atoms with Crippen LogP contribution in [0, 0.1) is 5.92 Å². The summed E-state index contributed by atoms with van der Waals surface area (Å²) in [4.78, 5) is 29.5. The van der Waals surface area contributed by atoms with Crippen LogP contribution in [-0.4, -0.2) is 59.7 Å². The number of carbonyl (C=O) groups is 2. The molecule has 3 aliphatic rings. The Bertz CT molecular complexity index is 872. The second-order valence-electron chi connectivity index (χ2n) is 8.00. The summed E-state index contributed by atoms with van der Waals surface area (Å²) in [5, 5.41) is 0. The van der Waals surface area contributed by atoms with Gasteiger partial charge in [-0.05, 0) is 37.5 Å². The van der Waals surface area contributed by atoms with E-state index < -0.39 is 27.9 Å². The first-order valence-corrected chi connectivity index (χ1v) is 12.5. The van der Waals surface area contributed by atoms with Crippen LogP contribution < -0.4 is 0 Å². The van der Waals surface area contributed by atoms with E-state index in [1.807, 2.05) is 43.6 Å². The molecule has 1 saturated heterocycles. The van der Waals surface area contributed by atoms with Gasteiger partial charge in [0, 0.05) is 31.9 Å². The van der Waals surface area contributed by atoms with Crippen molar-refractivity contribution in [2.24, 2.45) is 5.92 Å². The molecule has 0 aromatic carbocycles. The zero-order valence-corrected chi connectivity index (χ0v) is 18.6. The lowest BCUT2D eigenvalue weighted by atomic mass is 9.96. The highest BCUT2D eigenvalue weighted by atomic mass is 32.2. The van der Waals surface area contributed by atoms with Gasteiger partial charge in [0.25, 0.3) is 0 Å². The summed E-state index contributed by atoms with van der Waals surface area (Å²) in [5.74, 6) is -0.881. The maximum absolute atomic E-state index is 12.9. The van der Waals surface area contributed by atoms with Crippen LogP contribution in [0.3, 0.4) is 0 Å². The number of nitrogens with zero attached hydrogens (tertiary/aromatic N) is 3. The van der Waals surface area contributed by atoms with E-state index in [4.69, 9.17) is 0 Å². The molecular formula is C22H31N3O4S. The standard InChI is InChI=1S/C22H31N3O4S/c1-3-11-18-21-19(25(22(18)27)30(2,28)29)13-17-24(21)20(26)12-7-6-10-16-23-14-8-4-5-9-15-23/h4-5,8-9,13-15,18,21H,3,6-7,10-12,16-17H2,1-2H3/t18-,21-/m1/s1. The first-order chi connectivity index (χ1) is 14.3. The molecule has 1 fully saturated rings. The molecule has 0 aromatic heterocycles. The monoisotopic (exact) mass is 433 g/mol. The van der Waals surface area contributed by atoms with E-state index in [1.54, 1.807) is 11.0 Å². The van der Waals surface area contributed by atoms with Crippen molar-refractivity contribution >= 4 is 21.8 Å². The Morgan fingerprint density at radius 2 is 1.80 bits per heavy atom. The first-order valence-electron chi connectivity index (χ1n) is 10.7. The minimum atomic E-state index is -3.69. The molecule has 30 heavy (non-hydrogen) atoms. The molecule has 2 amide bonds. The lowest BCUT2D eigenvalue weighted by molar-refractivity contribution is -0.133. The highest BCUT2D eigenvalue weighted by Crippen LogP contribution is 2.40. The summed E-state index contributed by atoms with van der Waals surface area (Å²) in [6.45, 7) is 3.23. The Morgan fingerprint density at radius 3 is 2.43 bits per heavy atom. The third-order valence-corrected chi connectivity index (χ3v) is 6.77. The van der Waals surface area contributed by atoms with Gasteiger partial charge in [0.05, 0.1) is 23.9 Å². The van der Waals surface area contributed by atoms with Crippen molar-refractivity contribution in [1.82, 2.24) is 14.1 Å². The molecule has 0 radical (unpaired) electrons. The summed E-state index contributed by atoms with van der Waals surface area (Å²) in [6, 6.07) is -0.445. The average molecular weight is 434 g/mol. The number of rotatable bonds is 9. The minimum Gasteiger partial charge on any atom is -0.354 e. The zero-order valence-electron chi connectivity index (χ0n) is 17.7. The molecule has 164 valence electrons. The fraction of sp³-hybridized carbons (Fsp3) is 0.545. The van der Waals surface area contributed by atoms with Crippen molar-refractivity contribution in [2.75, 3.05) is 19.3 Å². The molecule has 0 saturated carbocycles. The number of allylic oxidation sites excluding steroid dienone is 4. The lowest BCUT2D eigenvalue weighted by Gasteiger charge is -2.27. The van der Waals surface area contributed by atoms with Gasteiger partial charge in [-0.2, -0.15) is 0 Å². The predicted octanol–water partition coefficient (Wildman–Crippen LogP) is 2.76. The van der Waals surface area contributed by atoms with Crippen LogP contribution in [0.15, 0.2) is 48.5 Å². The van der Waals surface area contributed by atoms with Gasteiger partial charge in [-0.3, -0.25) is 9.59 Å². The van der Waals surface area contributed by atoms with E-state index in [0.717, 1.165) is 42.8 Å². The quantitative estimate of drug-likeness (QED) is 0.523. The largest absolute Gasteiger partial charge is 0.354 e. The molecule has 0 unspecified atom stereocenters. The predicted molar refractivity (Wildman–Crippen MR) is 116 cm³/mol. The van der Waals surface area contributed by atoms with Gasteiger partial charge in [-0.15, -0.1) is 0 Å². The molecule has 0 bridgehead atoms. The van der Waals surface area contributed by atoms with Crippen molar-refractivity contribution in [3.8, 4) is 0 Å². The van der Waals surface area contributed by atoms with Crippen LogP contribution in [0.5, 0.6) is 0 Å². The molecule has 3 aliphatic heterocycles. The fourth-order valence-electron chi connectivity index (χ4n) is 4.37. The second kappa shape index (κ2) is 9.64. The van der Waals surface area contributed by atoms with Gasteiger partial charge in [0.1, 0.15) is 0 Å². The third kappa shape index (κ3) is 4.86. The molecule has 7 nitrogen and oxygen atoms in total. The van der Waals surface area contributed by atoms with Crippen molar-refractivity contribution in [3.05, 3.63) is 48.5 Å². The van der Waals surface area contributed by atoms with E-state index in [-0.39, 0.29) is 5.91 Å². The maximum Gasteiger partial charge on any atom is 0.246 e. The topological polar surface area (TPSA) is 78.0 Å². The lowest BCUT2D eigenvalue weighted by Crippen LogP contribution is -2.41. The summed E-state index contributed by atoms with van der Waals surface area (Å²) in [5.41, 5.74) is 0.461. The number of carbonyl (C=O) groups excluding carboxylic acids is 2. The number of sulfonamides is 1. The summed E-state index contributed by atoms with van der Waals surface area (Å²) >= 11 is 0. The molecule has 0 aromatic rings. The Hall–Kier alpha value is -2.35. The van der Waals surface area contributed by atoms with Crippen molar-refractivity contribution in [2.45, 2.75) is 51.5 Å². The van der Waals surface area contributed by atoms with Crippen LogP contribution in [0.25, 0.3) is 0 Å². The summed E-state index contributed by atoms with van der Waals surface area (Å²) in [6.07, 6.45) is 19.2. The van der Waals surface area contributed by atoms with E-state index in [0.29, 0.717) is 25.1 Å². The molecular weight excluding hydrogens is 402 g/mol. The number of fused-ring (bicyclic) bond motifs is 1. The number of unbranched alkanes of at least 4 members (excludes halogenated alkanes) is 2. The van der Waals surface area contributed by atoms with Crippen LogP contribution in [0.2, 0.25) is 0 Å². The van der Waals surface area contributed by atoms with Gasteiger partial charge < -0.3 is 9.80 Å².